The van der Waals surface area contributed by atoms with Crippen LogP contribution in [0, 0.1) is 5.92 Å². The van der Waals surface area contributed by atoms with Gasteiger partial charge >= 0.3 is 0 Å². The van der Waals surface area contributed by atoms with Gasteiger partial charge in [0.05, 0.1) is 37.1 Å². The smallest absolute Gasteiger partial charge is 0.257 e. The van der Waals surface area contributed by atoms with Gasteiger partial charge in [-0.25, -0.2) is 4.98 Å². The molecule has 1 aliphatic heterocycles. The summed E-state index contributed by atoms with van der Waals surface area (Å²) in [5.41, 5.74) is 3.42. The molecule has 1 aliphatic rings. The molecule has 0 saturated carbocycles. The van der Waals surface area contributed by atoms with Crippen molar-refractivity contribution in [2.75, 3.05) is 38.7 Å². The minimum absolute atomic E-state index is 0.0668. The van der Waals surface area contributed by atoms with E-state index in [2.05, 4.69) is 25.8 Å². The number of rotatable bonds is 6. The van der Waals surface area contributed by atoms with Crippen molar-refractivity contribution in [1.29, 1.82) is 0 Å². The number of carbonyl (C=O) groups is 1. The van der Waals surface area contributed by atoms with Gasteiger partial charge in [0.15, 0.2) is 0 Å². The Hall–Kier alpha value is -3.91. The highest BCUT2D eigenvalue weighted by atomic mass is 16.5. The van der Waals surface area contributed by atoms with Crippen LogP contribution in [-0.2, 0) is 11.2 Å². The van der Waals surface area contributed by atoms with Crippen LogP contribution in [-0.4, -0.2) is 58.6 Å². The number of fused-ring (bicyclic) bond motifs is 1. The average Bonchev–Trinajstić information content (AvgIpc) is 3.24. The molecule has 1 unspecified atom stereocenters. The number of nitrogens with one attached hydrogen (secondary N) is 1. The lowest BCUT2D eigenvalue weighted by atomic mass is 10.0. The van der Waals surface area contributed by atoms with Crippen molar-refractivity contribution in [2.45, 2.75) is 6.42 Å². The summed E-state index contributed by atoms with van der Waals surface area (Å²) in [6.45, 7) is 2.22. The van der Waals surface area contributed by atoms with E-state index in [9.17, 15) is 4.79 Å². The molecule has 34 heavy (non-hydrogen) atoms. The number of nitrogens with zero attached hydrogens (tertiary/aromatic N) is 4. The van der Waals surface area contributed by atoms with E-state index >= 15 is 0 Å². The fourth-order valence-electron chi connectivity index (χ4n) is 4.33. The molecule has 4 heterocycles. The number of benzene rings is 1. The first-order valence-corrected chi connectivity index (χ1v) is 11.3. The van der Waals surface area contributed by atoms with E-state index in [0.717, 1.165) is 29.1 Å². The molecule has 8 nitrogen and oxygen atoms in total. The van der Waals surface area contributed by atoms with Gasteiger partial charge in [-0.2, -0.15) is 0 Å². The van der Waals surface area contributed by atoms with Gasteiger partial charge < -0.3 is 24.1 Å². The number of aromatic nitrogens is 3. The fourth-order valence-corrected chi connectivity index (χ4v) is 4.33. The van der Waals surface area contributed by atoms with Crippen molar-refractivity contribution in [1.82, 2.24) is 19.3 Å². The van der Waals surface area contributed by atoms with Crippen molar-refractivity contribution in [2.24, 2.45) is 5.92 Å². The molecule has 1 atom stereocenters. The lowest BCUT2D eigenvalue weighted by Crippen LogP contribution is -2.37. The molecule has 0 aliphatic carbocycles. The first kappa shape index (κ1) is 21.9. The number of amides is 1. The highest BCUT2D eigenvalue weighted by molar-refractivity contribution is 5.99. The van der Waals surface area contributed by atoms with Crippen LogP contribution in [0.2, 0.25) is 0 Å². The monoisotopic (exact) mass is 457 g/mol. The topological polar surface area (TPSA) is 81.0 Å². The highest BCUT2D eigenvalue weighted by Gasteiger charge is 2.26. The molecule has 1 aromatic carbocycles. The van der Waals surface area contributed by atoms with Crippen molar-refractivity contribution < 1.29 is 14.3 Å². The molecule has 174 valence electrons. The molecule has 0 spiro atoms. The number of hydrogen-bond donors (Lipinski definition) is 1. The first-order valence-electron chi connectivity index (χ1n) is 11.3. The normalized spacial score (nSPS) is 16.3. The Balaban J connectivity index is 1.35. The summed E-state index contributed by atoms with van der Waals surface area (Å²) in [6.07, 6.45) is 8.18. The van der Waals surface area contributed by atoms with Gasteiger partial charge in [0.25, 0.3) is 5.91 Å². The Labute approximate surface area is 198 Å². The molecule has 3 aromatic heterocycles. The molecule has 8 heteroatoms. The van der Waals surface area contributed by atoms with Gasteiger partial charge in [-0.05, 0) is 42.8 Å². The second-order valence-electron chi connectivity index (χ2n) is 8.33. The van der Waals surface area contributed by atoms with E-state index in [-0.39, 0.29) is 11.8 Å². The van der Waals surface area contributed by atoms with Gasteiger partial charge in [0, 0.05) is 55.5 Å². The number of methoxy groups -OCH3 is 1. The number of hydrogen-bond acceptors (Lipinski definition) is 6. The summed E-state index contributed by atoms with van der Waals surface area (Å²) in [5, 5.41) is 3.27. The van der Waals surface area contributed by atoms with Gasteiger partial charge in [-0.15, -0.1) is 0 Å². The number of pyridine rings is 1. The quantitative estimate of drug-likeness (QED) is 0.474. The van der Waals surface area contributed by atoms with E-state index in [1.165, 1.54) is 0 Å². The largest absolute Gasteiger partial charge is 0.497 e. The summed E-state index contributed by atoms with van der Waals surface area (Å²) in [7, 11) is 1.62. The van der Waals surface area contributed by atoms with Crippen LogP contribution in [0.1, 0.15) is 16.1 Å². The summed E-state index contributed by atoms with van der Waals surface area (Å²) in [4.78, 5) is 24.5. The van der Waals surface area contributed by atoms with Crippen molar-refractivity contribution in [3.05, 3.63) is 84.6 Å². The van der Waals surface area contributed by atoms with E-state index in [1.807, 2.05) is 59.9 Å². The Bertz CT molecular complexity index is 1290. The predicted molar refractivity (Wildman–Crippen MR) is 130 cm³/mol. The fraction of sp³-hybridized carbons (Fsp3) is 0.269. The number of carbonyl (C=O) groups excluding carboxylic acids is 1. The molecule has 4 aromatic rings. The Morgan fingerprint density at radius 3 is 3.00 bits per heavy atom. The third-order valence-corrected chi connectivity index (χ3v) is 6.01. The highest BCUT2D eigenvalue weighted by Crippen LogP contribution is 2.24. The van der Waals surface area contributed by atoms with Crippen LogP contribution in [0.4, 0.5) is 11.5 Å². The summed E-state index contributed by atoms with van der Waals surface area (Å²) in [5.74, 6) is 1.32. The van der Waals surface area contributed by atoms with Crippen molar-refractivity contribution in [3.8, 4) is 5.75 Å². The summed E-state index contributed by atoms with van der Waals surface area (Å²) < 4.78 is 13.2. The molecule has 1 fully saturated rings. The lowest BCUT2D eigenvalue weighted by molar-refractivity contribution is 0.0738. The van der Waals surface area contributed by atoms with Crippen LogP contribution in [0.3, 0.4) is 0 Å². The van der Waals surface area contributed by atoms with Crippen LogP contribution >= 0.6 is 0 Å². The standard InChI is InChI=1S/C26H27N5O3/c1-33-21-6-2-5-20(16-21)29-25-22(7-3-9-28-25)26(32)31-13-14-34-18-19(17-31)15-23-24-8-4-11-30(24)12-10-27-23/h2-12,16,19H,13-15,17-18H2,1H3,(H,28,29). The first-order chi connectivity index (χ1) is 16.7. The zero-order valence-corrected chi connectivity index (χ0v) is 19.1. The third-order valence-electron chi connectivity index (χ3n) is 6.01. The molecule has 1 amide bonds. The molecule has 5 rings (SSSR count). The van der Waals surface area contributed by atoms with Gasteiger partial charge in [0.1, 0.15) is 11.6 Å². The van der Waals surface area contributed by atoms with E-state index < -0.39 is 0 Å². The van der Waals surface area contributed by atoms with E-state index in [0.29, 0.717) is 37.7 Å². The van der Waals surface area contributed by atoms with Crippen LogP contribution in [0.5, 0.6) is 5.75 Å². The Kier molecular flexibility index (Phi) is 6.40. The van der Waals surface area contributed by atoms with Crippen molar-refractivity contribution >= 4 is 22.9 Å². The van der Waals surface area contributed by atoms with Crippen LogP contribution in [0.15, 0.2) is 73.3 Å². The number of anilines is 2. The lowest BCUT2D eigenvalue weighted by Gasteiger charge is -2.24. The molecule has 0 radical (unpaired) electrons. The second-order valence-corrected chi connectivity index (χ2v) is 8.33. The Morgan fingerprint density at radius 2 is 2.09 bits per heavy atom. The average molecular weight is 458 g/mol. The predicted octanol–water partition coefficient (Wildman–Crippen LogP) is 3.81. The molecule has 0 bridgehead atoms. The zero-order chi connectivity index (χ0) is 23.3. The second kappa shape index (κ2) is 9.93. The SMILES string of the molecule is COc1cccc(Nc2ncccc2C(=O)N2CCOCC(Cc3nccn4cccc34)C2)c1. The van der Waals surface area contributed by atoms with E-state index in [4.69, 9.17) is 9.47 Å². The maximum Gasteiger partial charge on any atom is 0.257 e. The minimum Gasteiger partial charge on any atom is -0.497 e. The zero-order valence-electron chi connectivity index (χ0n) is 19.1. The molecule has 1 N–H and O–H groups in total. The maximum atomic E-state index is 13.6. The third kappa shape index (κ3) is 4.72. The summed E-state index contributed by atoms with van der Waals surface area (Å²) in [6, 6.07) is 15.2. The Morgan fingerprint density at radius 1 is 1.15 bits per heavy atom. The van der Waals surface area contributed by atoms with Crippen LogP contribution in [0.25, 0.3) is 5.52 Å². The molecular weight excluding hydrogens is 430 g/mol. The molecule has 1 saturated heterocycles. The van der Waals surface area contributed by atoms with Crippen molar-refractivity contribution in [3.63, 3.8) is 0 Å². The van der Waals surface area contributed by atoms with Gasteiger partial charge in [-0.3, -0.25) is 9.78 Å². The van der Waals surface area contributed by atoms with Gasteiger partial charge in [-0.1, -0.05) is 6.07 Å². The van der Waals surface area contributed by atoms with Gasteiger partial charge in [0.2, 0.25) is 0 Å². The number of ether oxygens (including phenoxy) is 2. The maximum absolute atomic E-state index is 13.6. The minimum atomic E-state index is -0.0668. The van der Waals surface area contributed by atoms with Crippen LogP contribution < -0.4 is 10.1 Å². The molecular formula is C26H27N5O3. The summed E-state index contributed by atoms with van der Waals surface area (Å²) >= 11 is 0. The van der Waals surface area contributed by atoms with E-state index in [1.54, 1.807) is 19.4 Å².